The molecule has 10 atom stereocenters. The molecule has 2 aromatic rings. The zero-order chi connectivity index (χ0) is 61.7. The number of nitrogens with zero attached hydrogens (tertiary/aromatic N) is 2. The summed E-state index contributed by atoms with van der Waals surface area (Å²) in [6.07, 6.45) is 2.58. The van der Waals surface area contributed by atoms with Crippen LogP contribution in [-0.2, 0) is 60.8 Å². The number of hydrogen-bond donors (Lipinski definition) is 12. The molecule has 3 heterocycles. The molecule has 2 aromatic carbocycles. The van der Waals surface area contributed by atoms with E-state index in [1.54, 1.807) is 102 Å². The van der Waals surface area contributed by atoms with E-state index in [4.69, 9.17) is 22.9 Å². The first-order chi connectivity index (χ1) is 39.9. The van der Waals surface area contributed by atoms with Crippen LogP contribution in [0.3, 0.4) is 0 Å². The highest BCUT2D eigenvalue weighted by molar-refractivity contribution is 6.00. The van der Waals surface area contributed by atoms with E-state index in [1.165, 1.54) is 9.80 Å². The maximum absolute atomic E-state index is 14.9. The van der Waals surface area contributed by atoms with Crippen molar-refractivity contribution >= 4 is 59.1 Å². The van der Waals surface area contributed by atoms with Gasteiger partial charge in [0.15, 0.2) is 0 Å². The maximum atomic E-state index is 14.9. The lowest BCUT2D eigenvalue weighted by Crippen LogP contribution is -2.63. The Kier molecular flexibility index (Phi) is 26.1. The topological polar surface area (TPSA) is 377 Å². The molecule has 3 fully saturated rings. The number of carbonyl (C=O) groups is 10. The predicted octanol–water partition coefficient (Wildman–Crippen LogP) is -0.606. The number of carbonyl (C=O) groups excluding carboxylic acids is 10. The summed E-state index contributed by atoms with van der Waals surface area (Å²) in [6, 6.07) is 5.62. The number of nitrogens with one attached hydrogen (secondary N) is 8. The fourth-order valence-electron chi connectivity index (χ4n) is 10.9. The average Bonchev–Trinajstić information content (AvgIpc) is 3.88. The Bertz CT molecular complexity index is 2390. The molecular formula is C60H94N14O10. The fraction of sp³-hybridized carbons (Fsp3) is 0.633. The minimum atomic E-state index is -1.29. The predicted molar refractivity (Wildman–Crippen MR) is 317 cm³/mol. The standard InChI is InChI=1S/C60H94N14O10/c1-59(2,3)47-55(81)67-39(23-13-29-61)49(75)69-43(35-37-19-9-7-10-20-37)57(83)74-34-18-28-46(74)54(80)66-42(26-16-32-64)52(78)72-48(60(4,5)6)56(82)68-40(24-14-30-62)50(76)70-44(36-38-21-11-8-12-22-38)58(84)73-33-17-27-45(73)53(79)65-41(25-15-31-63)51(77)71-47/h7-12,19-22,39-48H,13-18,23-36,61-64H2,1-6H3,(H,65,79)(H,66,80)(H,67,81)(H,68,82)(H,69,75)(H,70,76)(H,71,77)(H,72,78)/t39-,40-,41-,42-,43+,44+,45-,46-,47+,48+/m0/s1. The van der Waals surface area contributed by atoms with E-state index in [9.17, 15) is 47.9 Å². The molecule has 24 heteroatoms. The van der Waals surface area contributed by atoms with Gasteiger partial charge in [0.25, 0.3) is 0 Å². The number of fused-ring (bicyclic) bond motifs is 2. The van der Waals surface area contributed by atoms with Gasteiger partial charge in [0.1, 0.15) is 60.4 Å². The van der Waals surface area contributed by atoms with E-state index >= 15 is 0 Å². The molecule has 0 bridgehead atoms. The van der Waals surface area contributed by atoms with E-state index < -0.39 is 130 Å². The van der Waals surface area contributed by atoms with Gasteiger partial charge in [0, 0.05) is 25.9 Å². The Balaban J connectivity index is 1.61. The van der Waals surface area contributed by atoms with Gasteiger partial charge in [-0.2, -0.15) is 0 Å². The van der Waals surface area contributed by atoms with Crippen molar-refractivity contribution in [1.82, 2.24) is 52.3 Å². The van der Waals surface area contributed by atoms with Crippen LogP contribution in [0.2, 0.25) is 0 Å². The molecule has 0 radical (unpaired) electrons. The number of rotatable bonds is 16. The molecular weight excluding hydrogens is 1080 g/mol. The quantitative estimate of drug-likeness (QED) is 0.0999. The van der Waals surface area contributed by atoms with Crippen LogP contribution in [0.4, 0.5) is 0 Å². The highest BCUT2D eigenvalue weighted by atomic mass is 16.2. The van der Waals surface area contributed by atoms with Gasteiger partial charge in [-0.05, 0) is 125 Å². The highest BCUT2D eigenvalue weighted by Crippen LogP contribution is 2.25. The number of benzene rings is 2. The lowest BCUT2D eigenvalue weighted by Gasteiger charge is -2.35. The summed E-state index contributed by atoms with van der Waals surface area (Å²) in [4.78, 5) is 149. The van der Waals surface area contributed by atoms with E-state index in [0.717, 1.165) is 0 Å². The number of amides is 10. The molecule has 3 aliphatic rings. The molecule has 0 spiro atoms. The summed E-state index contributed by atoms with van der Waals surface area (Å²) < 4.78 is 0. The first kappa shape index (κ1) is 67.8. The van der Waals surface area contributed by atoms with Crippen LogP contribution in [0.5, 0.6) is 0 Å². The fourth-order valence-corrected chi connectivity index (χ4v) is 10.9. The van der Waals surface area contributed by atoms with Crippen LogP contribution in [0.25, 0.3) is 0 Å². The van der Waals surface area contributed by atoms with Crippen molar-refractivity contribution in [3.8, 4) is 0 Å². The molecule has 0 aliphatic carbocycles. The summed E-state index contributed by atoms with van der Waals surface area (Å²) in [6.45, 7) is 11.2. The molecule has 0 saturated carbocycles. The zero-order valence-electron chi connectivity index (χ0n) is 50.0. The van der Waals surface area contributed by atoms with Gasteiger partial charge in [-0.3, -0.25) is 47.9 Å². The Hall–Kier alpha value is -7.02. The van der Waals surface area contributed by atoms with Gasteiger partial charge in [0.05, 0.1) is 0 Å². The molecule has 84 heavy (non-hydrogen) atoms. The minimum Gasteiger partial charge on any atom is -0.343 e. The lowest BCUT2D eigenvalue weighted by molar-refractivity contribution is -0.143. The Labute approximate surface area is 494 Å². The van der Waals surface area contributed by atoms with Crippen LogP contribution in [0.15, 0.2) is 60.7 Å². The summed E-state index contributed by atoms with van der Waals surface area (Å²) >= 11 is 0. The molecule has 3 saturated heterocycles. The van der Waals surface area contributed by atoms with Crippen LogP contribution < -0.4 is 65.5 Å². The molecule has 3 aliphatic heterocycles. The SMILES string of the molecule is CC(C)(C)[C@@H]1NC(=O)[C@H](CCCN)NC(=O)[C@@H]2CCCN2C(=O)[C@@H](Cc2ccccc2)NC(=O)[C@H](CCCN)NC(=O)[C@H](C(C)(C)C)NC(=O)[C@H](CCCN)NC(=O)[C@@H]2CCCN2C(=O)[C@@H](Cc2ccccc2)NC(=O)[C@H](CCCN)NC1=O. The minimum absolute atomic E-state index is 0.00202. The number of hydrogen-bond acceptors (Lipinski definition) is 14. The van der Waals surface area contributed by atoms with Gasteiger partial charge in [0.2, 0.25) is 59.1 Å². The molecule has 0 aromatic heterocycles. The van der Waals surface area contributed by atoms with Crippen LogP contribution in [0, 0.1) is 10.8 Å². The second-order valence-corrected chi connectivity index (χ2v) is 24.5. The molecule has 10 amide bonds. The smallest absolute Gasteiger partial charge is 0.246 e. The third-order valence-corrected chi connectivity index (χ3v) is 15.6. The van der Waals surface area contributed by atoms with Gasteiger partial charge < -0.3 is 75.3 Å². The second kappa shape index (κ2) is 32.3. The Morgan fingerprint density at radius 2 is 0.655 bits per heavy atom. The normalized spacial score (nSPS) is 26.4. The van der Waals surface area contributed by atoms with Crippen LogP contribution in [0.1, 0.15) is 130 Å². The largest absolute Gasteiger partial charge is 0.343 e. The first-order valence-electron chi connectivity index (χ1n) is 29.8. The van der Waals surface area contributed by atoms with E-state index in [0.29, 0.717) is 24.0 Å². The molecule has 464 valence electrons. The Morgan fingerprint density at radius 1 is 0.381 bits per heavy atom. The third kappa shape index (κ3) is 19.5. The van der Waals surface area contributed by atoms with Gasteiger partial charge >= 0.3 is 0 Å². The van der Waals surface area contributed by atoms with Crippen LogP contribution in [-0.4, -0.2) is 169 Å². The van der Waals surface area contributed by atoms with Crippen molar-refractivity contribution in [1.29, 1.82) is 0 Å². The average molecular weight is 1170 g/mol. The van der Waals surface area contributed by atoms with Gasteiger partial charge in [-0.15, -0.1) is 0 Å². The van der Waals surface area contributed by atoms with Gasteiger partial charge in [-0.1, -0.05) is 102 Å². The van der Waals surface area contributed by atoms with Gasteiger partial charge in [-0.25, -0.2) is 0 Å². The van der Waals surface area contributed by atoms with Crippen molar-refractivity contribution < 1.29 is 47.9 Å². The van der Waals surface area contributed by atoms with E-state index in [-0.39, 0.29) is 116 Å². The van der Waals surface area contributed by atoms with Crippen LogP contribution >= 0.6 is 0 Å². The Morgan fingerprint density at radius 3 is 0.940 bits per heavy atom. The van der Waals surface area contributed by atoms with Crippen molar-refractivity contribution in [3.05, 3.63) is 71.8 Å². The summed E-state index contributed by atoms with van der Waals surface area (Å²) in [5.74, 6) is -6.82. The molecule has 16 N–H and O–H groups in total. The van der Waals surface area contributed by atoms with Crippen molar-refractivity contribution in [2.45, 2.75) is 192 Å². The zero-order valence-corrected chi connectivity index (χ0v) is 50.0. The second-order valence-electron chi connectivity index (χ2n) is 24.5. The summed E-state index contributed by atoms with van der Waals surface area (Å²) in [5, 5.41) is 22.7. The lowest BCUT2D eigenvalue weighted by atomic mass is 9.85. The maximum Gasteiger partial charge on any atom is 0.246 e. The summed E-state index contributed by atoms with van der Waals surface area (Å²) in [5.41, 5.74) is 23.2. The van der Waals surface area contributed by atoms with E-state index in [1.807, 2.05) is 0 Å². The van der Waals surface area contributed by atoms with Crippen molar-refractivity contribution in [2.75, 3.05) is 39.3 Å². The van der Waals surface area contributed by atoms with E-state index in [2.05, 4.69) is 42.5 Å². The molecule has 24 nitrogen and oxygen atoms in total. The molecule has 5 rings (SSSR count). The summed E-state index contributed by atoms with van der Waals surface area (Å²) in [7, 11) is 0. The monoisotopic (exact) mass is 1170 g/mol. The highest BCUT2D eigenvalue weighted by Gasteiger charge is 2.44. The van der Waals surface area contributed by atoms with Crippen molar-refractivity contribution in [2.24, 2.45) is 33.8 Å². The number of nitrogens with two attached hydrogens (primary N) is 4. The van der Waals surface area contributed by atoms with Crippen molar-refractivity contribution in [3.63, 3.8) is 0 Å². The molecule has 0 unspecified atom stereocenters. The first-order valence-corrected chi connectivity index (χ1v) is 29.8. The third-order valence-electron chi connectivity index (χ3n) is 15.6.